The fourth-order valence-corrected chi connectivity index (χ4v) is 4.10. The molecular weight excluding hydrogens is 334 g/mol. The van der Waals surface area contributed by atoms with Crippen LogP contribution in [-0.2, 0) is 10.0 Å². The average Bonchev–Trinajstić information content (AvgIpc) is 2.50. The van der Waals surface area contributed by atoms with Crippen molar-refractivity contribution in [2.75, 3.05) is 6.54 Å². The van der Waals surface area contributed by atoms with E-state index in [-0.39, 0.29) is 12.3 Å². The zero-order chi connectivity index (χ0) is 18.6. The molecule has 0 fully saturated rings. The second-order valence-corrected chi connectivity index (χ2v) is 7.69. The molecule has 0 radical (unpaired) electrons. The Morgan fingerprint density at radius 3 is 2.12 bits per heavy atom. The lowest BCUT2D eigenvalue weighted by Crippen LogP contribution is -2.25. The fourth-order valence-electron chi connectivity index (χ4n) is 2.73. The van der Waals surface area contributed by atoms with Gasteiger partial charge < -0.3 is 0 Å². The van der Waals surface area contributed by atoms with Crippen molar-refractivity contribution in [1.29, 1.82) is 0 Å². The highest BCUT2D eigenvalue weighted by atomic mass is 32.2. The molecule has 0 saturated heterocycles. The molecule has 2 aromatic carbocycles. The van der Waals surface area contributed by atoms with E-state index in [2.05, 4.69) is 16.6 Å². The van der Waals surface area contributed by atoms with Crippen LogP contribution in [0.4, 0.5) is 0 Å². The van der Waals surface area contributed by atoms with Crippen molar-refractivity contribution < 1.29 is 13.2 Å². The third kappa shape index (κ3) is 4.79. The van der Waals surface area contributed by atoms with Gasteiger partial charge in [-0.3, -0.25) is 4.79 Å². The second-order valence-electron chi connectivity index (χ2n) is 5.99. The molecular formula is C20H21NO3S. The molecule has 0 bridgehead atoms. The maximum Gasteiger partial charge on any atom is 0.241 e. The van der Waals surface area contributed by atoms with Crippen molar-refractivity contribution in [3.63, 3.8) is 0 Å². The number of Topliss-reactive ketones (excluding diaryl/α,β-unsaturated/α-hetero) is 1. The largest absolute Gasteiger partial charge is 0.295 e. The van der Waals surface area contributed by atoms with Crippen LogP contribution < -0.4 is 4.72 Å². The Bertz CT molecular complexity index is 939. The summed E-state index contributed by atoms with van der Waals surface area (Å²) in [5, 5.41) is 0. The van der Waals surface area contributed by atoms with Gasteiger partial charge >= 0.3 is 0 Å². The van der Waals surface area contributed by atoms with Crippen molar-refractivity contribution in [2.24, 2.45) is 0 Å². The molecule has 5 heteroatoms. The Balaban J connectivity index is 2.10. The summed E-state index contributed by atoms with van der Waals surface area (Å²) in [5.41, 5.74) is 3.82. The molecule has 130 valence electrons. The first-order valence-electron chi connectivity index (χ1n) is 7.88. The third-order valence-electron chi connectivity index (χ3n) is 3.75. The summed E-state index contributed by atoms with van der Waals surface area (Å²) in [5.74, 6) is 5.68. The monoisotopic (exact) mass is 355 g/mol. The molecule has 1 N–H and O–H groups in total. The van der Waals surface area contributed by atoms with Crippen molar-refractivity contribution in [3.05, 3.63) is 64.2 Å². The molecule has 4 nitrogen and oxygen atoms in total. The number of nitrogens with one attached hydrogen (secondary N) is 1. The Kier molecular flexibility index (Phi) is 5.78. The first kappa shape index (κ1) is 18.9. The van der Waals surface area contributed by atoms with Crippen LogP contribution in [0.15, 0.2) is 41.3 Å². The highest BCUT2D eigenvalue weighted by Gasteiger charge is 2.18. The Labute approximate surface area is 149 Å². The standard InChI is InChI=1S/C20H21NO3S/c1-14-12-15(2)20(16(3)13-14)25(23,24)21-11-5-6-18-7-9-19(10-8-18)17(4)22/h7-10,12-13,21H,11H2,1-4H3. The Morgan fingerprint density at radius 2 is 1.60 bits per heavy atom. The molecule has 0 atom stereocenters. The van der Waals surface area contributed by atoms with E-state index in [0.717, 1.165) is 22.3 Å². The average molecular weight is 355 g/mol. The zero-order valence-electron chi connectivity index (χ0n) is 14.8. The number of carbonyl (C=O) groups is 1. The summed E-state index contributed by atoms with van der Waals surface area (Å²) in [6, 6.07) is 10.6. The van der Waals surface area contributed by atoms with Gasteiger partial charge in [-0.05, 0) is 51.0 Å². The minimum Gasteiger partial charge on any atom is -0.295 e. The Morgan fingerprint density at radius 1 is 1.04 bits per heavy atom. The van der Waals surface area contributed by atoms with Gasteiger partial charge in [0.05, 0.1) is 11.4 Å². The summed E-state index contributed by atoms with van der Waals surface area (Å²) in [7, 11) is -3.61. The van der Waals surface area contributed by atoms with Crippen molar-refractivity contribution in [3.8, 4) is 11.8 Å². The van der Waals surface area contributed by atoms with Crippen molar-refractivity contribution in [1.82, 2.24) is 4.72 Å². The number of ketones is 1. The number of rotatable bonds is 4. The molecule has 25 heavy (non-hydrogen) atoms. The number of hydrogen-bond acceptors (Lipinski definition) is 3. The van der Waals surface area contributed by atoms with E-state index in [9.17, 15) is 13.2 Å². The lowest BCUT2D eigenvalue weighted by molar-refractivity contribution is 0.101. The molecule has 0 aliphatic rings. The summed E-state index contributed by atoms with van der Waals surface area (Å²) < 4.78 is 27.5. The first-order valence-corrected chi connectivity index (χ1v) is 9.36. The molecule has 0 aromatic heterocycles. The SMILES string of the molecule is CC(=O)c1ccc(C#CCNS(=O)(=O)c2c(C)cc(C)cc2C)cc1. The van der Waals surface area contributed by atoms with Gasteiger partial charge in [0.1, 0.15) is 0 Å². The first-order chi connectivity index (χ1) is 11.7. The molecule has 0 unspecified atom stereocenters. The van der Waals surface area contributed by atoms with E-state index >= 15 is 0 Å². The van der Waals surface area contributed by atoms with Gasteiger partial charge in [0, 0.05) is 11.1 Å². The van der Waals surface area contributed by atoms with E-state index < -0.39 is 10.0 Å². The highest BCUT2D eigenvalue weighted by molar-refractivity contribution is 7.89. The van der Waals surface area contributed by atoms with Gasteiger partial charge in [-0.1, -0.05) is 41.7 Å². The van der Waals surface area contributed by atoms with Crippen LogP contribution in [0.3, 0.4) is 0 Å². The minimum atomic E-state index is -3.61. The van der Waals surface area contributed by atoms with E-state index in [1.165, 1.54) is 6.92 Å². The van der Waals surface area contributed by atoms with E-state index in [4.69, 9.17) is 0 Å². The summed E-state index contributed by atoms with van der Waals surface area (Å²) >= 11 is 0. The maximum absolute atomic E-state index is 12.5. The van der Waals surface area contributed by atoms with Gasteiger partial charge in [-0.15, -0.1) is 0 Å². The maximum atomic E-state index is 12.5. The molecule has 2 aromatic rings. The van der Waals surface area contributed by atoms with Crippen LogP contribution in [0, 0.1) is 32.6 Å². The molecule has 0 aliphatic heterocycles. The number of hydrogen-bond donors (Lipinski definition) is 1. The summed E-state index contributed by atoms with van der Waals surface area (Å²) in [4.78, 5) is 11.5. The minimum absolute atomic E-state index is 0.00360. The molecule has 0 heterocycles. The predicted octanol–water partition coefficient (Wildman–Crippen LogP) is 3.14. The number of benzene rings is 2. The van der Waals surface area contributed by atoms with Crippen LogP contribution in [0.2, 0.25) is 0 Å². The van der Waals surface area contributed by atoms with Gasteiger partial charge in [-0.25, -0.2) is 8.42 Å². The zero-order valence-corrected chi connectivity index (χ0v) is 15.6. The number of carbonyl (C=O) groups excluding carboxylic acids is 1. The van der Waals surface area contributed by atoms with Crippen molar-refractivity contribution in [2.45, 2.75) is 32.6 Å². The van der Waals surface area contributed by atoms with Gasteiger partial charge in [0.15, 0.2) is 5.78 Å². The smallest absolute Gasteiger partial charge is 0.241 e. The predicted molar refractivity (Wildman–Crippen MR) is 99.2 cm³/mol. The molecule has 0 amide bonds. The van der Waals surface area contributed by atoms with Gasteiger partial charge in [-0.2, -0.15) is 4.72 Å². The molecule has 0 aliphatic carbocycles. The summed E-state index contributed by atoms with van der Waals surface area (Å²) in [6.07, 6.45) is 0. The van der Waals surface area contributed by atoms with E-state index in [0.29, 0.717) is 10.5 Å². The summed E-state index contributed by atoms with van der Waals surface area (Å²) in [6.45, 7) is 7.04. The quantitative estimate of drug-likeness (QED) is 0.677. The van der Waals surface area contributed by atoms with Crippen LogP contribution in [0.25, 0.3) is 0 Å². The van der Waals surface area contributed by atoms with Crippen LogP contribution in [0.5, 0.6) is 0 Å². The number of aryl methyl sites for hydroxylation is 3. The van der Waals surface area contributed by atoms with Gasteiger partial charge in [0.25, 0.3) is 0 Å². The normalized spacial score (nSPS) is 10.9. The van der Waals surface area contributed by atoms with Crippen LogP contribution >= 0.6 is 0 Å². The third-order valence-corrected chi connectivity index (χ3v) is 5.45. The topological polar surface area (TPSA) is 63.2 Å². The fraction of sp³-hybridized carbons (Fsp3) is 0.250. The van der Waals surface area contributed by atoms with Gasteiger partial charge in [0.2, 0.25) is 10.0 Å². The molecule has 0 spiro atoms. The number of sulfonamides is 1. The molecule has 0 saturated carbocycles. The lowest BCUT2D eigenvalue weighted by Gasteiger charge is -2.11. The Hall–Kier alpha value is -2.42. The second kappa shape index (κ2) is 7.64. The molecule has 2 rings (SSSR count). The van der Waals surface area contributed by atoms with Crippen LogP contribution in [-0.4, -0.2) is 20.7 Å². The lowest BCUT2D eigenvalue weighted by atomic mass is 10.1. The van der Waals surface area contributed by atoms with Crippen molar-refractivity contribution >= 4 is 15.8 Å². The van der Waals surface area contributed by atoms with E-state index in [1.807, 2.05) is 19.1 Å². The van der Waals surface area contributed by atoms with Crippen LogP contribution in [0.1, 0.15) is 39.5 Å². The van der Waals surface area contributed by atoms with E-state index in [1.54, 1.807) is 38.1 Å². The highest BCUT2D eigenvalue weighted by Crippen LogP contribution is 2.21.